The summed E-state index contributed by atoms with van der Waals surface area (Å²) in [5.74, 6) is 0.833. The zero-order valence-electron chi connectivity index (χ0n) is 13.1. The summed E-state index contributed by atoms with van der Waals surface area (Å²) in [7, 11) is 0. The number of hydrogen-bond acceptors (Lipinski definition) is 4. The molecule has 0 amide bonds. The molecule has 24 heavy (non-hydrogen) atoms. The van der Waals surface area contributed by atoms with Crippen LogP contribution in [0.15, 0.2) is 81.5 Å². The molecule has 0 aliphatic rings. The Morgan fingerprint density at radius 2 is 1.75 bits per heavy atom. The van der Waals surface area contributed by atoms with Crippen molar-refractivity contribution in [1.29, 1.82) is 0 Å². The van der Waals surface area contributed by atoms with Crippen molar-refractivity contribution in [3.05, 3.63) is 77.2 Å². The number of rotatable bonds is 7. The fourth-order valence-corrected chi connectivity index (χ4v) is 3.29. The Hall–Kier alpha value is -1.85. The van der Waals surface area contributed by atoms with Crippen LogP contribution in [0, 0.1) is 0 Å². The summed E-state index contributed by atoms with van der Waals surface area (Å²) < 4.78 is 7.02. The lowest BCUT2D eigenvalue weighted by Crippen LogP contribution is -2.01. The van der Waals surface area contributed by atoms with E-state index in [1.807, 2.05) is 48.8 Å². The maximum absolute atomic E-state index is 5.95. The molecule has 2 aromatic heterocycles. The van der Waals surface area contributed by atoms with Crippen molar-refractivity contribution in [1.82, 2.24) is 9.97 Å². The quantitative estimate of drug-likeness (QED) is 0.497. The van der Waals surface area contributed by atoms with Crippen LogP contribution < -0.4 is 4.74 Å². The zero-order chi connectivity index (χ0) is 16.6. The molecule has 2 heterocycles. The minimum absolute atomic E-state index is 0.669. The number of pyridine rings is 2. The molecule has 0 saturated heterocycles. The molecule has 122 valence electrons. The second-order valence-electron chi connectivity index (χ2n) is 5.17. The summed E-state index contributed by atoms with van der Waals surface area (Å²) in [4.78, 5) is 9.62. The Labute approximate surface area is 154 Å². The first-order valence-electron chi connectivity index (χ1n) is 7.71. The predicted octanol–water partition coefficient (Wildman–Crippen LogP) is 5.40. The molecule has 3 aromatic rings. The molecule has 0 atom stereocenters. The van der Waals surface area contributed by atoms with Crippen molar-refractivity contribution in [2.45, 2.75) is 22.8 Å². The summed E-state index contributed by atoms with van der Waals surface area (Å²) in [6, 6.07) is 16.1. The van der Waals surface area contributed by atoms with Gasteiger partial charge in [-0.3, -0.25) is 4.98 Å². The standard InChI is InChI=1S/C19H17BrN2OS/c20-16-5-7-17(8-6-16)24-19-18(4-1-11-22-19)23-14-2-3-15-9-12-21-13-10-15/h1,4-13H,2-3,14H2. The van der Waals surface area contributed by atoms with Gasteiger partial charge in [0.1, 0.15) is 5.03 Å². The van der Waals surface area contributed by atoms with E-state index in [2.05, 4.69) is 38.0 Å². The summed E-state index contributed by atoms with van der Waals surface area (Å²) in [5.41, 5.74) is 1.28. The van der Waals surface area contributed by atoms with Crippen LogP contribution in [0.4, 0.5) is 0 Å². The number of hydrogen-bond donors (Lipinski definition) is 0. The Balaban J connectivity index is 1.56. The fraction of sp³-hybridized carbons (Fsp3) is 0.158. The Kier molecular flexibility index (Phi) is 6.26. The van der Waals surface area contributed by atoms with Gasteiger partial charge in [0.15, 0.2) is 5.75 Å². The van der Waals surface area contributed by atoms with Gasteiger partial charge in [0.25, 0.3) is 0 Å². The smallest absolute Gasteiger partial charge is 0.151 e. The van der Waals surface area contributed by atoms with Crippen molar-refractivity contribution in [2.75, 3.05) is 6.61 Å². The van der Waals surface area contributed by atoms with E-state index in [-0.39, 0.29) is 0 Å². The first kappa shape index (κ1) is 17.0. The van der Waals surface area contributed by atoms with Crippen LogP contribution in [0.1, 0.15) is 12.0 Å². The molecule has 0 fully saturated rings. The third kappa shape index (κ3) is 5.08. The Bertz CT molecular complexity index is 766. The second kappa shape index (κ2) is 8.85. The highest BCUT2D eigenvalue weighted by Gasteiger charge is 2.07. The van der Waals surface area contributed by atoms with E-state index in [0.717, 1.165) is 33.0 Å². The van der Waals surface area contributed by atoms with Crippen LogP contribution in [-0.4, -0.2) is 16.6 Å². The van der Waals surface area contributed by atoms with Crippen LogP contribution in [0.25, 0.3) is 0 Å². The third-order valence-electron chi connectivity index (χ3n) is 3.38. The normalized spacial score (nSPS) is 10.5. The van der Waals surface area contributed by atoms with Crippen molar-refractivity contribution < 1.29 is 4.74 Å². The minimum atomic E-state index is 0.669. The highest BCUT2D eigenvalue weighted by atomic mass is 79.9. The topological polar surface area (TPSA) is 35.0 Å². The van der Waals surface area contributed by atoms with E-state index in [1.54, 1.807) is 18.0 Å². The third-order valence-corrected chi connectivity index (χ3v) is 4.92. The van der Waals surface area contributed by atoms with Gasteiger partial charge in [0, 0.05) is 28.0 Å². The van der Waals surface area contributed by atoms with Crippen molar-refractivity contribution in [3.8, 4) is 5.75 Å². The highest BCUT2D eigenvalue weighted by molar-refractivity contribution is 9.10. The minimum Gasteiger partial charge on any atom is -0.491 e. The van der Waals surface area contributed by atoms with Crippen LogP contribution in [0.3, 0.4) is 0 Å². The molecular formula is C19H17BrN2OS. The van der Waals surface area contributed by atoms with Gasteiger partial charge in [-0.2, -0.15) is 0 Å². The first-order chi connectivity index (χ1) is 11.8. The van der Waals surface area contributed by atoms with Crippen molar-refractivity contribution in [2.24, 2.45) is 0 Å². The zero-order valence-corrected chi connectivity index (χ0v) is 15.5. The molecule has 3 rings (SSSR count). The maximum Gasteiger partial charge on any atom is 0.151 e. The fourth-order valence-electron chi connectivity index (χ4n) is 2.18. The van der Waals surface area contributed by atoms with E-state index in [0.29, 0.717) is 6.61 Å². The van der Waals surface area contributed by atoms with Crippen molar-refractivity contribution >= 4 is 27.7 Å². The lowest BCUT2D eigenvalue weighted by atomic mass is 10.1. The Morgan fingerprint density at radius 3 is 2.54 bits per heavy atom. The molecule has 0 aliphatic heterocycles. The van der Waals surface area contributed by atoms with Gasteiger partial charge in [-0.1, -0.05) is 27.7 Å². The number of nitrogens with zero attached hydrogens (tertiary/aromatic N) is 2. The summed E-state index contributed by atoms with van der Waals surface area (Å²) in [6.45, 7) is 0.669. The molecule has 1 aromatic carbocycles. The number of halogens is 1. The average molecular weight is 401 g/mol. The largest absolute Gasteiger partial charge is 0.491 e. The molecule has 0 radical (unpaired) electrons. The number of aromatic nitrogens is 2. The van der Waals surface area contributed by atoms with Gasteiger partial charge in [-0.05, 0) is 66.9 Å². The van der Waals surface area contributed by atoms with Crippen LogP contribution >= 0.6 is 27.7 Å². The van der Waals surface area contributed by atoms with Gasteiger partial charge in [-0.15, -0.1) is 0 Å². The molecule has 0 N–H and O–H groups in total. The Morgan fingerprint density at radius 1 is 0.958 bits per heavy atom. The number of ether oxygens (including phenoxy) is 1. The monoisotopic (exact) mass is 400 g/mol. The SMILES string of the molecule is Brc1ccc(Sc2ncccc2OCCCc2ccncc2)cc1. The summed E-state index contributed by atoms with van der Waals surface area (Å²) in [6.07, 6.45) is 7.39. The average Bonchev–Trinajstić information content (AvgIpc) is 2.63. The van der Waals surface area contributed by atoms with E-state index in [9.17, 15) is 0 Å². The predicted molar refractivity (Wildman–Crippen MR) is 101 cm³/mol. The molecular weight excluding hydrogens is 384 g/mol. The molecule has 0 aliphatic carbocycles. The summed E-state index contributed by atoms with van der Waals surface area (Å²) >= 11 is 5.07. The van der Waals surface area contributed by atoms with Crippen molar-refractivity contribution in [3.63, 3.8) is 0 Å². The molecule has 5 heteroatoms. The van der Waals surface area contributed by atoms with Gasteiger partial charge < -0.3 is 4.74 Å². The summed E-state index contributed by atoms with van der Waals surface area (Å²) in [5, 5.41) is 0.892. The molecule has 0 spiro atoms. The van der Waals surface area contributed by atoms with Gasteiger partial charge in [0.05, 0.1) is 6.61 Å². The highest BCUT2D eigenvalue weighted by Crippen LogP contribution is 2.33. The lowest BCUT2D eigenvalue weighted by molar-refractivity contribution is 0.301. The molecule has 0 unspecified atom stereocenters. The van der Waals surface area contributed by atoms with Gasteiger partial charge in [0.2, 0.25) is 0 Å². The molecule has 0 saturated carbocycles. The van der Waals surface area contributed by atoms with E-state index in [1.165, 1.54) is 5.56 Å². The lowest BCUT2D eigenvalue weighted by Gasteiger charge is -2.10. The van der Waals surface area contributed by atoms with E-state index < -0.39 is 0 Å². The number of benzene rings is 1. The molecule has 3 nitrogen and oxygen atoms in total. The molecule has 0 bridgehead atoms. The van der Waals surface area contributed by atoms with E-state index in [4.69, 9.17) is 4.74 Å². The van der Waals surface area contributed by atoms with Gasteiger partial charge >= 0.3 is 0 Å². The van der Waals surface area contributed by atoms with E-state index >= 15 is 0 Å². The maximum atomic E-state index is 5.95. The van der Waals surface area contributed by atoms with Crippen LogP contribution in [-0.2, 0) is 6.42 Å². The first-order valence-corrected chi connectivity index (χ1v) is 9.32. The van der Waals surface area contributed by atoms with Crippen LogP contribution in [0.2, 0.25) is 0 Å². The number of aryl methyl sites for hydroxylation is 1. The van der Waals surface area contributed by atoms with Crippen LogP contribution in [0.5, 0.6) is 5.75 Å². The van der Waals surface area contributed by atoms with Gasteiger partial charge in [-0.25, -0.2) is 4.98 Å². The second-order valence-corrected chi connectivity index (χ2v) is 7.15.